The highest BCUT2D eigenvalue weighted by Gasteiger charge is 2.16. The lowest BCUT2D eigenvalue weighted by Gasteiger charge is -2.30. The Labute approximate surface area is 124 Å². The summed E-state index contributed by atoms with van der Waals surface area (Å²) in [6.45, 7) is 3.17. The van der Waals surface area contributed by atoms with Crippen LogP contribution in [0.15, 0.2) is 18.2 Å². The average Bonchev–Trinajstić information content (AvgIpc) is 2.38. The third-order valence-electron chi connectivity index (χ3n) is 4.59. The first-order valence-electron chi connectivity index (χ1n) is 8.04. The molecular weight excluding hydrogens is 246 g/mol. The molecule has 2 heteroatoms. The molecule has 0 aromatic heterocycles. The minimum absolute atomic E-state index is 0.762. The second kappa shape index (κ2) is 7.68. The fourth-order valence-corrected chi connectivity index (χ4v) is 3.33. The quantitative estimate of drug-likeness (QED) is 0.799. The summed E-state index contributed by atoms with van der Waals surface area (Å²) in [4.78, 5) is 2.55. The molecule has 0 atom stereocenters. The minimum atomic E-state index is 0.762. The van der Waals surface area contributed by atoms with E-state index in [0.29, 0.717) is 0 Å². The van der Waals surface area contributed by atoms with Crippen molar-refractivity contribution in [1.29, 1.82) is 0 Å². The fraction of sp³-hybridized carbons (Fsp3) is 0.667. The van der Waals surface area contributed by atoms with Crippen LogP contribution in [0, 0.1) is 6.92 Å². The van der Waals surface area contributed by atoms with Crippen LogP contribution in [0.1, 0.15) is 56.1 Å². The molecule has 2 nitrogen and oxygen atoms in total. The third kappa shape index (κ3) is 4.24. The van der Waals surface area contributed by atoms with E-state index in [-0.39, 0.29) is 0 Å². The molecule has 0 radical (unpaired) electrons. The maximum absolute atomic E-state index is 5.34. The lowest BCUT2D eigenvalue weighted by molar-refractivity contribution is 0.195. The van der Waals surface area contributed by atoms with Crippen molar-refractivity contribution in [2.24, 2.45) is 0 Å². The minimum Gasteiger partial charge on any atom is -0.496 e. The molecule has 1 fully saturated rings. The molecule has 0 bridgehead atoms. The maximum Gasteiger partial charge on any atom is 0.121 e. The standard InChI is InChI=1S/C18H29NO/c1-15-13-16(11-12-18(15)20-3)14-19(2)17-9-7-5-4-6-8-10-17/h11-13,17H,4-10,14H2,1-3H3. The maximum atomic E-state index is 5.34. The Morgan fingerprint density at radius 2 is 1.75 bits per heavy atom. The lowest BCUT2D eigenvalue weighted by atomic mass is 9.95. The number of hydrogen-bond acceptors (Lipinski definition) is 2. The molecule has 0 amide bonds. The lowest BCUT2D eigenvalue weighted by Crippen LogP contribution is -2.31. The van der Waals surface area contributed by atoms with Gasteiger partial charge in [-0.25, -0.2) is 0 Å². The van der Waals surface area contributed by atoms with Crippen molar-refractivity contribution in [2.45, 2.75) is 64.5 Å². The van der Waals surface area contributed by atoms with Crippen LogP contribution >= 0.6 is 0 Å². The summed E-state index contributed by atoms with van der Waals surface area (Å²) in [5.74, 6) is 0.988. The van der Waals surface area contributed by atoms with Crippen molar-refractivity contribution in [3.8, 4) is 5.75 Å². The Balaban J connectivity index is 1.95. The molecule has 0 aliphatic heterocycles. The van der Waals surface area contributed by atoms with Gasteiger partial charge in [-0.05, 0) is 44.0 Å². The van der Waals surface area contributed by atoms with Gasteiger partial charge in [-0.2, -0.15) is 0 Å². The van der Waals surface area contributed by atoms with Gasteiger partial charge in [-0.3, -0.25) is 4.90 Å². The third-order valence-corrected chi connectivity index (χ3v) is 4.59. The molecule has 20 heavy (non-hydrogen) atoms. The topological polar surface area (TPSA) is 12.5 Å². The highest BCUT2D eigenvalue weighted by molar-refractivity contribution is 5.36. The molecule has 0 spiro atoms. The van der Waals surface area contributed by atoms with Gasteiger partial charge >= 0.3 is 0 Å². The fourth-order valence-electron chi connectivity index (χ4n) is 3.33. The molecular formula is C18H29NO. The summed E-state index contributed by atoms with van der Waals surface area (Å²) < 4.78 is 5.34. The highest BCUT2D eigenvalue weighted by atomic mass is 16.5. The second-order valence-electron chi connectivity index (χ2n) is 6.22. The van der Waals surface area contributed by atoms with Gasteiger partial charge in [-0.15, -0.1) is 0 Å². The van der Waals surface area contributed by atoms with Gasteiger partial charge in [0.15, 0.2) is 0 Å². The van der Waals surface area contributed by atoms with Crippen molar-refractivity contribution in [2.75, 3.05) is 14.2 Å². The van der Waals surface area contributed by atoms with E-state index in [1.54, 1.807) is 7.11 Å². The first-order valence-corrected chi connectivity index (χ1v) is 8.04. The molecule has 112 valence electrons. The van der Waals surface area contributed by atoms with Crippen LogP contribution < -0.4 is 4.74 Å². The van der Waals surface area contributed by atoms with Crippen molar-refractivity contribution in [3.63, 3.8) is 0 Å². The Hall–Kier alpha value is -1.02. The summed E-state index contributed by atoms with van der Waals surface area (Å²) in [6.07, 6.45) is 9.82. The highest BCUT2D eigenvalue weighted by Crippen LogP contribution is 2.23. The van der Waals surface area contributed by atoms with E-state index in [9.17, 15) is 0 Å². The molecule has 1 aromatic carbocycles. The molecule has 1 aliphatic carbocycles. The normalized spacial score (nSPS) is 17.8. The van der Waals surface area contributed by atoms with E-state index >= 15 is 0 Å². The largest absolute Gasteiger partial charge is 0.496 e. The van der Waals surface area contributed by atoms with Crippen molar-refractivity contribution in [3.05, 3.63) is 29.3 Å². The summed E-state index contributed by atoms with van der Waals surface area (Å²) in [6, 6.07) is 7.32. The van der Waals surface area contributed by atoms with Crippen LogP contribution in [0.4, 0.5) is 0 Å². The molecule has 1 aliphatic rings. The zero-order chi connectivity index (χ0) is 14.4. The summed E-state index contributed by atoms with van der Waals surface area (Å²) >= 11 is 0. The van der Waals surface area contributed by atoms with Crippen LogP contribution in [0.2, 0.25) is 0 Å². The van der Waals surface area contributed by atoms with E-state index < -0.39 is 0 Å². The van der Waals surface area contributed by atoms with Crippen molar-refractivity contribution >= 4 is 0 Å². The van der Waals surface area contributed by atoms with E-state index in [1.165, 1.54) is 56.1 Å². The van der Waals surface area contributed by atoms with Gasteiger partial charge in [0.25, 0.3) is 0 Å². The monoisotopic (exact) mass is 275 g/mol. The molecule has 1 aromatic rings. The van der Waals surface area contributed by atoms with Gasteiger partial charge in [0.05, 0.1) is 7.11 Å². The SMILES string of the molecule is COc1ccc(CN(C)C2CCCCCCC2)cc1C. The van der Waals surface area contributed by atoms with Crippen LogP contribution in [0.5, 0.6) is 5.75 Å². The number of rotatable bonds is 4. The van der Waals surface area contributed by atoms with Crippen molar-refractivity contribution < 1.29 is 4.74 Å². The Kier molecular flexibility index (Phi) is 5.90. The number of hydrogen-bond donors (Lipinski definition) is 0. The Bertz CT molecular complexity index is 408. The van der Waals surface area contributed by atoms with E-state index in [2.05, 4.69) is 37.1 Å². The summed E-state index contributed by atoms with van der Waals surface area (Å²) in [7, 11) is 4.02. The second-order valence-corrected chi connectivity index (χ2v) is 6.22. The van der Waals surface area contributed by atoms with E-state index in [0.717, 1.165) is 18.3 Å². The Morgan fingerprint density at radius 3 is 2.35 bits per heavy atom. The van der Waals surface area contributed by atoms with Crippen LogP contribution in [-0.2, 0) is 6.54 Å². The van der Waals surface area contributed by atoms with Gasteiger partial charge < -0.3 is 4.74 Å². The Morgan fingerprint density at radius 1 is 1.10 bits per heavy atom. The smallest absolute Gasteiger partial charge is 0.121 e. The molecule has 0 N–H and O–H groups in total. The van der Waals surface area contributed by atoms with Gasteiger partial charge in [0.1, 0.15) is 5.75 Å². The zero-order valence-corrected chi connectivity index (χ0v) is 13.3. The number of aryl methyl sites for hydroxylation is 1. The predicted octanol–water partition coefficient (Wildman–Crippen LogP) is 4.55. The number of nitrogens with zero attached hydrogens (tertiary/aromatic N) is 1. The van der Waals surface area contributed by atoms with Crippen LogP contribution in [0.25, 0.3) is 0 Å². The van der Waals surface area contributed by atoms with Crippen molar-refractivity contribution in [1.82, 2.24) is 4.90 Å². The first-order chi connectivity index (χ1) is 9.70. The molecule has 0 heterocycles. The van der Waals surface area contributed by atoms with Gasteiger partial charge in [-0.1, -0.05) is 44.2 Å². The molecule has 0 saturated heterocycles. The first kappa shape index (κ1) is 15.4. The number of methoxy groups -OCH3 is 1. The van der Waals surface area contributed by atoms with Gasteiger partial charge in [0, 0.05) is 12.6 Å². The number of benzene rings is 1. The summed E-state index contributed by atoms with van der Waals surface area (Å²) in [5.41, 5.74) is 2.63. The van der Waals surface area contributed by atoms with Gasteiger partial charge in [0.2, 0.25) is 0 Å². The van der Waals surface area contributed by atoms with E-state index in [4.69, 9.17) is 4.74 Å². The average molecular weight is 275 g/mol. The predicted molar refractivity (Wildman–Crippen MR) is 85.3 cm³/mol. The van der Waals surface area contributed by atoms with E-state index in [1.807, 2.05) is 0 Å². The molecule has 0 unspecified atom stereocenters. The molecule has 2 rings (SSSR count). The number of ether oxygens (including phenoxy) is 1. The molecule has 1 saturated carbocycles. The van der Waals surface area contributed by atoms with Crippen LogP contribution in [0.3, 0.4) is 0 Å². The van der Waals surface area contributed by atoms with Crippen LogP contribution in [-0.4, -0.2) is 25.1 Å². The zero-order valence-electron chi connectivity index (χ0n) is 13.3. The summed E-state index contributed by atoms with van der Waals surface area (Å²) in [5, 5.41) is 0.